The molecule has 1 aromatic rings. The summed E-state index contributed by atoms with van der Waals surface area (Å²) in [6.07, 6.45) is 14.8. The number of esters is 1. The highest BCUT2D eigenvalue weighted by Crippen LogP contribution is 2.72. The zero-order valence-corrected chi connectivity index (χ0v) is 31.1. The fourth-order valence-corrected chi connectivity index (χ4v) is 11.9. The van der Waals surface area contributed by atoms with Crippen molar-refractivity contribution in [2.75, 3.05) is 7.11 Å². The van der Waals surface area contributed by atoms with Gasteiger partial charge in [0.1, 0.15) is 11.5 Å². The van der Waals surface area contributed by atoms with Gasteiger partial charge >= 0.3 is 17.8 Å². The molecule has 49 heavy (non-hydrogen) atoms. The number of rotatable bonds is 7. The number of carbonyl (C=O) groups is 2. The molecule has 4 fully saturated rings. The smallest absolute Gasteiger partial charge is 0.462 e. The van der Waals surface area contributed by atoms with Gasteiger partial charge in [0, 0.05) is 30.6 Å². The van der Waals surface area contributed by atoms with Crippen molar-refractivity contribution in [3.63, 3.8) is 0 Å². The van der Waals surface area contributed by atoms with Crippen LogP contribution in [0, 0.1) is 57.2 Å². The summed E-state index contributed by atoms with van der Waals surface area (Å²) in [5, 5.41) is 7.00. The lowest BCUT2D eigenvalue weighted by molar-refractivity contribution is -0.190. The largest absolute Gasteiger partial charge is 0.547 e. The number of allylic oxidation sites excluding steroid dienone is 2. The molecule has 2 heterocycles. The van der Waals surface area contributed by atoms with Crippen LogP contribution >= 0.6 is 0 Å². The van der Waals surface area contributed by atoms with Crippen molar-refractivity contribution in [1.82, 2.24) is 14.6 Å². The van der Waals surface area contributed by atoms with Crippen LogP contribution in [0.3, 0.4) is 0 Å². The minimum atomic E-state index is -0.433. The van der Waals surface area contributed by atoms with Crippen LogP contribution in [0.1, 0.15) is 118 Å². The molecule has 0 spiro atoms. The molecule has 0 aromatic carbocycles. The van der Waals surface area contributed by atoms with Crippen LogP contribution in [0.25, 0.3) is 0 Å². The Morgan fingerprint density at radius 3 is 2.37 bits per heavy atom. The van der Waals surface area contributed by atoms with E-state index in [9.17, 15) is 9.59 Å². The molecule has 0 bridgehead atoms. The van der Waals surface area contributed by atoms with Crippen molar-refractivity contribution >= 4 is 23.5 Å². The normalized spacial score (nSPS) is 37.9. The van der Waals surface area contributed by atoms with E-state index in [1.807, 2.05) is 19.9 Å². The van der Waals surface area contributed by atoms with Crippen molar-refractivity contribution in [3.05, 3.63) is 48.1 Å². The predicted octanol–water partition coefficient (Wildman–Crippen LogP) is 7.04. The Morgan fingerprint density at radius 1 is 1.08 bits per heavy atom. The number of nitrogens with zero attached hydrogens (tertiary/aromatic N) is 3. The Labute approximate surface area is 293 Å². The number of carbonyl (C=O) groups excluding carboxylic acids is 2. The van der Waals surface area contributed by atoms with Gasteiger partial charge in [0.05, 0.1) is 6.42 Å². The first kappa shape index (κ1) is 35.7. The van der Waals surface area contributed by atoms with E-state index in [0.717, 1.165) is 44.8 Å². The van der Waals surface area contributed by atoms with E-state index in [4.69, 9.17) is 19.2 Å². The Kier molecular flexibility index (Phi) is 9.41. The number of fused-ring (bicyclic) bond motifs is 7. The zero-order valence-electron chi connectivity index (χ0n) is 31.1. The van der Waals surface area contributed by atoms with Gasteiger partial charge in [-0.2, -0.15) is 0 Å². The van der Waals surface area contributed by atoms with Crippen LogP contribution in [-0.2, 0) is 19.1 Å². The Hall–Kier alpha value is -3.09. The third-order valence-corrected chi connectivity index (χ3v) is 14.1. The third kappa shape index (κ3) is 5.66. The van der Waals surface area contributed by atoms with Crippen LogP contribution in [0.15, 0.2) is 42.3 Å². The van der Waals surface area contributed by atoms with Gasteiger partial charge in [-0.15, -0.1) is 6.58 Å². The number of ether oxygens (including phenoxy) is 2. The average molecular weight is 673 g/mol. The Balaban J connectivity index is 0.00000205. The van der Waals surface area contributed by atoms with Gasteiger partial charge in [-0.05, 0) is 120 Å². The number of aromatic nitrogens is 2. The number of aliphatic hydroxyl groups is 1. The fraction of sp³-hybridized carbons (Fsp3) is 0.707. The second-order valence-electron chi connectivity index (χ2n) is 17.4. The summed E-state index contributed by atoms with van der Waals surface area (Å²) in [5.41, 5.74) is 2.14. The SMILES string of the molecule is C=CC(C)(C)CC(=O)OC1CCC2(C)C(CCC3(C)C4CCC5(C6=[N+]=C(c7ncccn7)O6)CC(=O)C(C(C)C)=C5C4CCC32)C1C.CO. The van der Waals surface area contributed by atoms with Gasteiger partial charge < -0.3 is 14.6 Å². The molecule has 6 aliphatic rings. The molecule has 0 amide bonds. The van der Waals surface area contributed by atoms with Crippen LogP contribution < -0.4 is 4.67 Å². The molecule has 0 radical (unpaired) electrons. The van der Waals surface area contributed by atoms with Crippen LogP contribution in [0.5, 0.6) is 0 Å². The highest BCUT2D eigenvalue weighted by molar-refractivity contribution is 6.14. The molecule has 8 nitrogen and oxygen atoms in total. The van der Waals surface area contributed by atoms with Crippen LogP contribution in [0.2, 0.25) is 0 Å². The van der Waals surface area contributed by atoms with Crippen molar-refractivity contribution in [1.29, 1.82) is 0 Å². The number of hydrogen-bond acceptors (Lipinski definition) is 7. The van der Waals surface area contributed by atoms with Crippen LogP contribution in [0.4, 0.5) is 0 Å². The summed E-state index contributed by atoms with van der Waals surface area (Å²) in [6.45, 7) is 19.9. The minimum Gasteiger partial charge on any atom is -0.462 e. The fourth-order valence-electron chi connectivity index (χ4n) is 11.9. The quantitative estimate of drug-likeness (QED) is 0.188. The summed E-state index contributed by atoms with van der Waals surface area (Å²) in [5.74, 6) is 4.46. The molecule has 1 aliphatic heterocycles. The molecule has 266 valence electrons. The van der Waals surface area contributed by atoms with E-state index in [-0.39, 0.29) is 40.0 Å². The molecule has 1 N–H and O–H groups in total. The molecule has 9 unspecified atom stereocenters. The minimum absolute atomic E-state index is 0.00771. The number of hydrogen-bond donors (Lipinski definition) is 1. The van der Waals surface area contributed by atoms with Gasteiger partial charge in [-0.1, -0.05) is 54.5 Å². The third-order valence-electron chi connectivity index (χ3n) is 14.1. The topological polar surface area (TPSA) is 113 Å². The number of Topliss-reactive ketones (excluding diaryl/α,β-unsaturated/α-hetero) is 1. The summed E-state index contributed by atoms with van der Waals surface area (Å²) >= 11 is 0. The summed E-state index contributed by atoms with van der Waals surface area (Å²) in [7, 11) is 1.00. The van der Waals surface area contributed by atoms with Gasteiger partial charge in [-0.3, -0.25) is 9.59 Å². The van der Waals surface area contributed by atoms with Crippen molar-refractivity contribution < 1.29 is 24.2 Å². The molecular weight excluding hydrogens is 614 g/mol. The average Bonchev–Trinajstić information content (AvgIpc) is 3.35. The van der Waals surface area contributed by atoms with Crippen molar-refractivity contribution in [2.24, 2.45) is 57.2 Å². The molecule has 9 atom stereocenters. The summed E-state index contributed by atoms with van der Waals surface area (Å²) in [4.78, 5) is 35.5. The van der Waals surface area contributed by atoms with E-state index in [0.29, 0.717) is 60.1 Å². The zero-order chi connectivity index (χ0) is 35.5. The first-order chi connectivity index (χ1) is 23.2. The predicted molar refractivity (Wildman–Crippen MR) is 191 cm³/mol. The first-order valence-corrected chi connectivity index (χ1v) is 18.7. The maximum atomic E-state index is 13.9. The monoisotopic (exact) mass is 672 g/mol. The molecule has 1 aromatic heterocycles. The molecule has 8 heteroatoms. The van der Waals surface area contributed by atoms with Gasteiger partial charge in [0.2, 0.25) is 0 Å². The standard InChI is InChI=1S/C40H54N3O4.CH4O/c1-9-37(5,6)22-31(45)46-29-15-17-38(7)26(24(29)4)13-16-39(8)27-14-18-40(36-43-35(47-36)34-41-19-10-20-42-34)21-28(44)32(23(2)3)33(40)25(27)11-12-30(38)39;1-2/h9-10,19-20,23-27,29-30H,1,11-18,21-22H2,2-8H3;2H,1H3/q+1;. The van der Waals surface area contributed by atoms with Crippen LogP contribution in [-0.4, -0.2) is 51.8 Å². The first-order valence-electron chi connectivity index (χ1n) is 18.7. The lowest BCUT2D eigenvalue weighted by Gasteiger charge is -2.67. The Bertz CT molecular complexity index is 1590. The maximum Gasteiger partial charge on any atom is 0.547 e. The molecule has 4 saturated carbocycles. The lowest BCUT2D eigenvalue weighted by Crippen LogP contribution is -2.61. The summed E-state index contributed by atoms with van der Waals surface area (Å²) < 4.78 is 17.4. The van der Waals surface area contributed by atoms with E-state index in [1.165, 1.54) is 24.8 Å². The van der Waals surface area contributed by atoms with Gasteiger partial charge in [0.15, 0.2) is 5.78 Å². The second kappa shape index (κ2) is 12.9. The van der Waals surface area contributed by atoms with Gasteiger partial charge in [-0.25, -0.2) is 9.97 Å². The highest BCUT2D eigenvalue weighted by Gasteiger charge is 2.69. The maximum absolute atomic E-state index is 13.9. The number of aliphatic hydroxyl groups excluding tert-OH is 1. The van der Waals surface area contributed by atoms with Gasteiger partial charge in [0.25, 0.3) is 5.82 Å². The van der Waals surface area contributed by atoms with E-state index < -0.39 is 5.41 Å². The molecule has 5 aliphatic carbocycles. The highest BCUT2D eigenvalue weighted by atomic mass is 16.5. The molecule has 0 saturated heterocycles. The second-order valence-corrected chi connectivity index (χ2v) is 17.4. The van der Waals surface area contributed by atoms with Crippen molar-refractivity contribution in [3.8, 4) is 0 Å². The van der Waals surface area contributed by atoms with Crippen molar-refractivity contribution in [2.45, 2.75) is 119 Å². The Morgan fingerprint density at radius 2 is 1.71 bits per heavy atom. The summed E-state index contributed by atoms with van der Waals surface area (Å²) in [6, 6.07) is 1.79. The van der Waals surface area contributed by atoms with E-state index >= 15 is 0 Å². The molecule has 7 rings (SSSR count). The molecular formula is C41H58N3O5+. The van der Waals surface area contributed by atoms with E-state index in [2.05, 4.69) is 51.2 Å². The lowest BCUT2D eigenvalue weighted by atomic mass is 9.38. The van der Waals surface area contributed by atoms with E-state index in [1.54, 1.807) is 18.5 Å². The number of ketones is 1.